The van der Waals surface area contributed by atoms with E-state index in [0.29, 0.717) is 0 Å². The van der Waals surface area contributed by atoms with Crippen molar-refractivity contribution in [2.75, 3.05) is 12.0 Å². The molecule has 2 amide bonds. The van der Waals surface area contributed by atoms with E-state index in [-0.39, 0.29) is 22.9 Å². The molecule has 10 nitrogen and oxygen atoms in total. The highest BCUT2D eigenvalue weighted by atomic mass is 16.6. The molecule has 0 N–H and O–H groups in total. The van der Waals surface area contributed by atoms with E-state index in [1.165, 1.54) is 26.2 Å². The van der Waals surface area contributed by atoms with Crippen molar-refractivity contribution >= 4 is 35.2 Å². The number of nitro groups is 1. The van der Waals surface area contributed by atoms with Gasteiger partial charge in [0.2, 0.25) is 11.8 Å². The number of amides is 2. The maximum absolute atomic E-state index is 13.7. The smallest absolute Gasteiger partial charge is 0.271 e. The molecule has 32 heavy (non-hydrogen) atoms. The molecular formula is C22H18N4O6. The van der Waals surface area contributed by atoms with Crippen molar-refractivity contribution in [3.05, 3.63) is 63.7 Å². The highest BCUT2D eigenvalue weighted by Gasteiger charge is 2.65. The SMILES string of the molecule is COc1ccc([N+](=O)[O-])cc1N1C(=O)[C@H]2[C@H](C1=O)[C@H](C(C)=O)N1N=Cc3ccccc3[C@H]21. The van der Waals surface area contributed by atoms with E-state index in [4.69, 9.17) is 4.74 Å². The van der Waals surface area contributed by atoms with Crippen LogP contribution in [0.1, 0.15) is 24.1 Å². The Hall–Kier alpha value is -4.08. The van der Waals surface area contributed by atoms with Gasteiger partial charge in [-0.2, -0.15) is 5.10 Å². The molecule has 2 aromatic rings. The molecule has 0 saturated carbocycles. The van der Waals surface area contributed by atoms with Crippen LogP contribution in [0.25, 0.3) is 0 Å². The van der Waals surface area contributed by atoms with Gasteiger partial charge < -0.3 is 4.74 Å². The number of ketones is 1. The van der Waals surface area contributed by atoms with Crippen LogP contribution in [0.2, 0.25) is 0 Å². The Bertz CT molecular complexity index is 1220. The van der Waals surface area contributed by atoms with Crippen molar-refractivity contribution in [2.45, 2.75) is 19.0 Å². The lowest BCUT2D eigenvalue weighted by Crippen LogP contribution is -2.44. The molecule has 0 radical (unpaired) electrons. The molecule has 4 atom stereocenters. The van der Waals surface area contributed by atoms with Crippen LogP contribution in [0, 0.1) is 22.0 Å². The number of benzene rings is 2. The van der Waals surface area contributed by atoms with Gasteiger partial charge in [0, 0.05) is 12.1 Å². The Morgan fingerprint density at radius 3 is 2.53 bits per heavy atom. The summed E-state index contributed by atoms with van der Waals surface area (Å²) in [5.74, 6) is -3.09. The average Bonchev–Trinajstić information content (AvgIpc) is 3.26. The van der Waals surface area contributed by atoms with Gasteiger partial charge in [0.05, 0.1) is 36.1 Å². The van der Waals surface area contributed by atoms with E-state index in [1.807, 2.05) is 24.3 Å². The first-order chi connectivity index (χ1) is 15.3. The largest absolute Gasteiger partial charge is 0.495 e. The summed E-state index contributed by atoms with van der Waals surface area (Å²) in [4.78, 5) is 51.5. The minimum atomic E-state index is -0.961. The lowest BCUT2D eigenvalue weighted by molar-refractivity contribution is -0.384. The molecular weight excluding hydrogens is 416 g/mol. The number of fused-ring (bicyclic) bond motifs is 5. The van der Waals surface area contributed by atoms with Gasteiger partial charge in [0.25, 0.3) is 5.69 Å². The molecule has 0 aliphatic carbocycles. The number of hydrogen-bond donors (Lipinski definition) is 0. The fourth-order valence-corrected chi connectivity index (χ4v) is 5.03. The van der Waals surface area contributed by atoms with Crippen molar-refractivity contribution in [1.29, 1.82) is 0 Å². The highest BCUT2D eigenvalue weighted by molar-refractivity contribution is 6.24. The monoisotopic (exact) mass is 434 g/mol. The van der Waals surface area contributed by atoms with E-state index in [9.17, 15) is 24.5 Å². The van der Waals surface area contributed by atoms with E-state index in [1.54, 1.807) is 11.2 Å². The van der Waals surface area contributed by atoms with E-state index < -0.39 is 40.7 Å². The molecule has 2 saturated heterocycles. The first kappa shape index (κ1) is 19.9. The number of nitro benzene ring substituents is 1. The van der Waals surface area contributed by atoms with Crippen LogP contribution in [-0.4, -0.2) is 46.9 Å². The number of rotatable bonds is 4. The summed E-state index contributed by atoms with van der Waals surface area (Å²) in [6, 6.07) is 9.59. The molecule has 162 valence electrons. The summed E-state index contributed by atoms with van der Waals surface area (Å²) in [6.07, 6.45) is 1.62. The van der Waals surface area contributed by atoms with Gasteiger partial charge in [-0.15, -0.1) is 0 Å². The number of Topliss-reactive ketones (excluding diaryl/α,β-unsaturated/α-hetero) is 1. The Balaban J connectivity index is 1.66. The fraction of sp³-hybridized carbons (Fsp3) is 0.273. The van der Waals surface area contributed by atoms with Gasteiger partial charge in [0.15, 0.2) is 5.78 Å². The lowest BCUT2D eigenvalue weighted by atomic mass is 9.84. The van der Waals surface area contributed by atoms with Gasteiger partial charge >= 0.3 is 0 Å². The van der Waals surface area contributed by atoms with Crippen LogP contribution in [0.15, 0.2) is 47.6 Å². The number of nitrogens with zero attached hydrogens (tertiary/aromatic N) is 4. The van der Waals surface area contributed by atoms with E-state index in [2.05, 4.69) is 5.10 Å². The zero-order chi connectivity index (χ0) is 22.7. The summed E-state index contributed by atoms with van der Waals surface area (Å²) >= 11 is 0. The maximum Gasteiger partial charge on any atom is 0.271 e. The van der Waals surface area contributed by atoms with Crippen molar-refractivity contribution < 1.29 is 24.0 Å². The number of anilines is 1. The summed E-state index contributed by atoms with van der Waals surface area (Å²) in [7, 11) is 1.35. The van der Waals surface area contributed by atoms with E-state index in [0.717, 1.165) is 22.1 Å². The zero-order valence-electron chi connectivity index (χ0n) is 17.2. The van der Waals surface area contributed by atoms with Crippen LogP contribution in [-0.2, 0) is 14.4 Å². The number of non-ortho nitro benzene ring substituents is 1. The van der Waals surface area contributed by atoms with Crippen LogP contribution in [0.3, 0.4) is 0 Å². The Kier molecular flexibility index (Phi) is 4.33. The molecule has 2 fully saturated rings. The number of hydrazone groups is 1. The van der Waals surface area contributed by atoms with Crippen molar-refractivity contribution in [3.63, 3.8) is 0 Å². The summed E-state index contributed by atoms with van der Waals surface area (Å²) in [6.45, 7) is 1.37. The number of ether oxygens (including phenoxy) is 1. The van der Waals surface area contributed by atoms with E-state index >= 15 is 0 Å². The standard InChI is InChI=1S/C22H18N4O6/c1-11(27)19-17-18(20-14-6-4-3-5-12(14)10-23-25(19)20)22(29)24(21(17)28)15-9-13(26(30)31)7-8-16(15)32-2/h3-10,17-20H,1-2H3/t17-,18-,19-,20+/m0/s1. The number of imide groups is 1. The molecule has 10 heteroatoms. The second-order valence-corrected chi connectivity index (χ2v) is 7.93. The molecule has 0 spiro atoms. The predicted molar refractivity (Wildman–Crippen MR) is 112 cm³/mol. The van der Waals surface area contributed by atoms with Gasteiger partial charge in [-0.25, -0.2) is 4.90 Å². The molecule has 0 aromatic heterocycles. The Morgan fingerprint density at radius 1 is 1.12 bits per heavy atom. The number of carbonyl (C=O) groups excluding carboxylic acids is 3. The van der Waals surface area contributed by atoms with Crippen LogP contribution in [0.5, 0.6) is 5.75 Å². The van der Waals surface area contributed by atoms with Gasteiger partial charge in [-0.05, 0) is 24.1 Å². The number of hydrogen-bond acceptors (Lipinski definition) is 8. The molecule has 3 heterocycles. The minimum Gasteiger partial charge on any atom is -0.495 e. The van der Waals surface area contributed by atoms with Crippen LogP contribution in [0.4, 0.5) is 11.4 Å². The topological polar surface area (TPSA) is 122 Å². The second kappa shape index (κ2) is 6.98. The van der Waals surface area contributed by atoms with Gasteiger partial charge in [0.1, 0.15) is 17.5 Å². The minimum absolute atomic E-state index is 0.00690. The average molecular weight is 434 g/mol. The van der Waals surface area contributed by atoms with Gasteiger partial charge in [-0.3, -0.25) is 29.5 Å². The maximum atomic E-state index is 13.7. The van der Waals surface area contributed by atoms with Crippen molar-refractivity contribution in [3.8, 4) is 5.75 Å². The Morgan fingerprint density at radius 2 is 1.84 bits per heavy atom. The van der Waals surface area contributed by atoms with Crippen molar-refractivity contribution in [1.82, 2.24) is 5.01 Å². The number of carbonyl (C=O) groups is 3. The third-order valence-corrected chi connectivity index (χ3v) is 6.32. The summed E-state index contributed by atoms with van der Waals surface area (Å²) in [5, 5.41) is 17.3. The molecule has 0 unspecified atom stereocenters. The zero-order valence-corrected chi connectivity index (χ0v) is 17.2. The van der Waals surface area contributed by atoms with Crippen LogP contribution < -0.4 is 9.64 Å². The predicted octanol–water partition coefficient (Wildman–Crippen LogP) is 2.07. The molecule has 3 aliphatic heterocycles. The van der Waals surface area contributed by atoms with Crippen LogP contribution >= 0.6 is 0 Å². The summed E-state index contributed by atoms with van der Waals surface area (Å²) < 4.78 is 5.28. The second-order valence-electron chi connectivity index (χ2n) is 7.93. The molecule has 5 rings (SSSR count). The molecule has 0 bridgehead atoms. The third kappa shape index (κ3) is 2.58. The van der Waals surface area contributed by atoms with Crippen molar-refractivity contribution in [2.24, 2.45) is 16.9 Å². The summed E-state index contributed by atoms with van der Waals surface area (Å²) in [5.41, 5.74) is 1.32. The first-order valence-corrected chi connectivity index (χ1v) is 9.97. The van der Waals surface area contributed by atoms with Gasteiger partial charge in [-0.1, -0.05) is 24.3 Å². The first-order valence-electron chi connectivity index (χ1n) is 9.97. The number of methoxy groups -OCH3 is 1. The fourth-order valence-electron chi connectivity index (χ4n) is 5.03. The molecule has 3 aliphatic rings. The normalized spacial score (nSPS) is 25.4. The Labute approximate surface area is 182 Å². The molecule has 2 aromatic carbocycles. The quantitative estimate of drug-likeness (QED) is 0.410. The highest BCUT2D eigenvalue weighted by Crippen LogP contribution is 2.53. The lowest BCUT2D eigenvalue weighted by Gasteiger charge is -2.33. The third-order valence-electron chi connectivity index (χ3n) is 6.32.